The molecule has 2 aromatic rings. The summed E-state index contributed by atoms with van der Waals surface area (Å²) in [5.74, 6) is -0.592. The van der Waals surface area contributed by atoms with Gasteiger partial charge in [0.25, 0.3) is 10.0 Å². The molecule has 1 saturated carbocycles. The molecule has 0 saturated heterocycles. The molecule has 0 radical (unpaired) electrons. The van der Waals surface area contributed by atoms with Gasteiger partial charge < -0.3 is 0 Å². The molecule has 0 bridgehead atoms. The van der Waals surface area contributed by atoms with Gasteiger partial charge in [-0.15, -0.1) is 0 Å². The Balaban J connectivity index is 1.65. The molecule has 2 aromatic carbocycles. The lowest BCUT2D eigenvalue weighted by Crippen LogP contribution is -2.50. The number of hydrogen-bond acceptors (Lipinski definition) is 3. The topological polar surface area (TPSA) is 54.5 Å². The summed E-state index contributed by atoms with van der Waals surface area (Å²) >= 11 is 0. The number of fused-ring (bicyclic) bond motifs is 1. The third-order valence-corrected chi connectivity index (χ3v) is 6.90. The zero-order valence-corrected chi connectivity index (χ0v) is 14.7. The van der Waals surface area contributed by atoms with Crippen molar-refractivity contribution in [3.8, 4) is 0 Å². The summed E-state index contributed by atoms with van der Waals surface area (Å²) < 4.78 is 26.8. The summed E-state index contributed by atoms with van der Waals surface area (Å²) in [7, 11) is -3.82. The molecule has 128 valence electrons. The quantitative estimate of drug-likeness (QED) is 0.796. The second-order valence-corrected chi connectivity index (χ2v) is 8.53. The minimum Gasteiger partial charge on any atom is -0.273 e. The molecule has 0 N–H and O–H groups in total. The number of sulfonamides is 1. The first-order valence-corrected chi connectivity index (χ1v) is 9.79. The van der Waals surface area contributed by atoms with E-state index in [9.17, 15) is 13.2 Å². The Morgan fingerprint density at radius 1 is 1.00 bits per heavy atom. The van der Waals surface area contributed by atoms with Gasteiger partial charge in [-0.3, -0.25) is 4.79 Å². The first-order valence-electron chi connectivity index (χ1n) is 8.35. The fourth-order valence-electron chi connectivity index (χ4n) is 3.65. The van der Waals surface area contributed by atoms with Crippen molar-refractivity contribution in [1.29, 1.82) is 0 Å². The van der Waals surface area contributed by atoms with Gasteiger partial charge in [0, 0.05) is 5.92 Å². The standard InChI is InChI=1S/C20H19NO3S/c1-14-7-9-17(10-8-14)25(23,24)21-12-11-16-13-18(19(16)20(21)22)15-5-3-2-4-6-15/h2-11,18-19H,12-13H2,1H3/t18-,19+/m1/s1. The van der Waals surface area contributed by atoms with Gasteiger partial charge in [-0.2, -0.15) is 0 Å². The van der Waals surface area contributed by atoms with Gasteiger partial charge in [0.2, 0.25) is 5.91 Å². The summed E-state index contributed by atoms with van der Waals surface area (Å²) in [5.41, 5.74) is 3.14. The van der Waals surface area contributed by atoms with Crippen molar-refractivity contribution >= 4 is 15.9 Å². The number of amides is 1. The predicted octanol–water partition coefficient (Wildman–Crippen LogP) is 3.26. The van der Waals surface area contributed by atoms with Crippen molar-refractivity contribution < 1.29 is 13.2 Å². The smallest absolute Gasteiger partial charge is 0.266 e. The average molecular weight is 353 g/mol. The van der Waals surface area contributed by atoms with Crippen LogP contribution in [0.5, 0.6) is 0 Å². The van der Waals surface area contributed by atoms with Crippen molar-refractivity contribution in [3.63, 3.8) is 0 Å². The second kappa shape index (κ2) is 5.85. The number of hydrogen-bond donors (Lipinski definition) is 0. The second-order valence-electron chi connectivity index (χ2n) is 6.67. The van der Waals surface area contributed by atoms with Crippen molar-refractivity contribution in [3.05, 3.63) is 77.4 Å². The van der Waals surface area contributed by atoms with E-state index in [2.05, 4.69) is 0 Å². The predicted molar refractivity (Wildman–Crippen MR) is 95.5 cm³/mol. The Bertz CT molecular complexity index is 946. The average Bonchev–Trinajstić information content (AvgIpc) is 2.57. The van der Waals surface area contributed by atoms with Gasteiger partial charge in [-0.05, 0) is 31.0 Å². The highest BCUT2D eigenvalue weighted by molar-refractivity contribution is 7.89. The SMILES string of the molecule is Cc1ccc(S(=O)(=O)N2CC=C3C[C@H](c4ccccc4)[C@H]3C2=O)cc1. The van der Waals surface area contributed by atoms with Crippen LogP contribution in [0.4, 0.5) is 0 Å². The van der Waals surface area contributed by atoms with Crippen LogP contribution in [0, 0.1) is 12.8 Å². The van der Waals surface area contributed by atoms with E-state index in [1.807, 2.05) is 43.3 Å². The van der Waals surface area contributed by atoms with E-state index in [4.69, 9.17) is 0 Å². The van der Waals surface area contributed by atoms with Crippen LogP contribution in [-0.4, -0.2) is 25.2 Å². The van der Waals surface area contributed by atoms with E-state index in [0.29, 0.717) is 0 Å². The molecule has 5 heteroatoms. The normalized spacial score (nSPS) is 22.8. The Morgan fingerprint density at radius 3 is 2.36 bits per heavy atom. The Morgan fingerprint density at radius 2 is 1.68 bits per heavy atom. The van der Waals surface area contributed by atoms with Gasteiger partial charge in [-0.1, -0.05) is 59.7 Å². The maximum absolute atomic E-state index is 13.0. The van der Waals surface area contributed by atoms with E-state index in [1.54, 1.807) is 24.3 Å². The van der Waals surface area contributed by atoms with Crippen LogP contribution in [-0.2, 0) is 14.8 Å². The largest absolute Gasteiger partial charge is 0.273 e. The summed E-state index contributed by atoms with van der Waals surface area (Å²) in [6, 6.07) is 16.5. The highest BCUT2D eigenvalue weighted by atomic mass is 32.2. The van der Waals surface area contributed by atoms with Gasteiger partial charge >= 0.3 is 0 Å². The molecule has 0 unspecified atom stereocenters. The molecule has 1 aliphatic heterocycles. The van der Waals surface area contributed by atoms with Gasteiger partial charge in [-0.25, -0.2) is 12.7 Å². The van der Waals surface area contributed by atoms with E-state index in [-0.39, 0.29) is 29.2 Å². The lowest BCUT2D eigenvalue weighted by Gasteiger charge is -2.44. The van der Waals surface area contributed by atoms with Crippen molar-refractivity contribution in [2.45, 2.75) is 24.2 Å². The summed E-state index contributed by atoms with van der Waals surface area (Å²) in [4.78, 5) is 13.1. The minimum atomic E-state index is -3.82. The molecule has 1 amide bonds. The van der Waals surface area contributed by atoms with Crippen LogP contribution in [0.15, 0.2) is 71.1 Å². The zero-order valence-electron chi connectivity index (χ0n) is 13.9. The molecule has 0 spiro atoms. The minimum absolute atomic E-state index is 0.0657. The summed E-state index contributed by atoms with van der Waals surface area (Å²) in [5, 5.41) is 0. The molecule has 4 nitrogen and oxygen atoms in total. The first kappa shape index (κ1) is 16.1. The number of carbonyl (C=O) groups excluding carboxylic acids is 1. The maximum atomic E-state index is 13.0. The fourth-order valence-corrected chi connectivity index (χ4v) is 5.00. The third kappa shape index (κ3) is 2.59. The molecule has 0 aromatic heterocycles. The molecule has 4 rings (SSSR count). The van der Waals surface area contributed by atoms with Crippen LogP contribution in [0.25, 0.3) is 0 Å². The highest BCUT2D eigenvalue weighted by Crippen LogP contribution is 2.49. The number of benzene rings is 2. The van der Waals surface area contributed by atoms with Crippen LogP contribution >= 0.6 is 0 Å². The third-order valence-electron chi connectivity index (χ3n) is 5.13. The number of aryl methyl sites for hydroxylation is 1. The van der Waals surface area contributed by atoms with Crippen molar-refractivity contribution in [1.82, 2.24) is 4.31 Å². The van der Waals surface area contributed by atoms with Crippen LogP contribution < -0.4 is 0 Å². The highest BCUT2D eigenvalue weighted by Gasteiger charge is 2.48. The summed E-state index contributed by atoms with van der Waals surface area (Å²) in [6.07, 6.45) is 2.73. The van der Waals surface area contributed by atoms with Crippen LogP contribution in [0.1, 0.15) is 23.5 Å². The van der Waals surface area contributed by atoms with Crippen LogP contribution in [0.2, 0.25) is 0 Å². The molecule has 1 aliphatic carbocycles. The molecule has 1 heterocycles. The van der Waals surface area contributed by atoms with Crippen LogP contribution in [0.3, 0.4) is 0 Å². The van der Waals surface area contributed by atoms with Gasteiger partial charge in [0.05, 0.1) is 17.4 Å². The van der Waals surface area contributed by atoms with Gasteiger partial charge in [0.1, 0.15) is 0 Å². The monoisotopic (exact) mass is 353 g/mol. The Hall–Kier alpha value is -2.40. The van der Waals surface area contributed by atoms with Gasteiger partial charge in [0.15, 0.2) is 0 Å². The summed E-state index contributed by atoms with van der Waals surface area (Å²) in [6.45, 7) is 2.03. The molecule has 25 heavy (non-hydrogen) atoms. The lowest BCUT2D eigenvalue weighted by atomic mass is 9.64. The van der Waals surface area contributed by atoms with E-state index >= 15 is 0 Å². The van der Waals surface area contributed by atoms with E-state index < -0.39 is 10.0 Å². The van der Waals surface area contributed by atoms with E-state index in [0.717, 1.165) is 27.4 Å². The van der Waals surface area contributed by atoms with Crippen molar-refractivity contribution in [2.24, 2.45) is 5.92 Å². The maximum Gasteiger partial charge on any atom is 0.266 e. The molecular formula is C20H19NO3S. The Kier molecular flexibility index (Phi) is 3.76. The molecular weight excluding hydrogens is 334 g/mol. The Labute approximate surface area is 147 Å². The molecule has 2 aliphatic rings. The number of carbonyl (C=O) groups is 1. The number of rotatable bonds is 3. The zero-order chi connectivity index (χ0) is 17.6. The fraction of sp³-hybridized carbons (Fsp3) is 0.250. The van der Waals surface area contributed by atoms with Crippen molar-refractivity contribution in [2.75, 3.05) is 6.54 Å². The first-order chi connectivity index (χ1) is 12.0. The lowest BCUT2D eigenvalue weighted by molar-refractivity contribution is -0.132. The molecule has 2 atom stereocenters. The molecule has 1 fully saturated rings. The van der Waals surface area contributed by atoms with E-state index in [1.165, 1.54) is 0 Å². The number of nitrogens with zero attached hydrogens (tertiary/aromatic N) is 1.